The van der Waals surface area contributed by atoms with Gasteiger partial charge in [0.2, 0.25) is 0 Å². The molecular formula is C40H24OS. The van der Waals surface area contributed by atoms with Crippen LogP contribution >= 0.6 is 11.3 Å². The van der Waals surface area contributed by atoms with Crippen LogP contribution in [-0.2, 0) is 0 Å². The summed E-state index contributed by atoms with van der Waals surface area (Å²) in [6, 6.07) is 52.5. The molecule has 1 aliphatic heterocycles. The van der Waals surface area contributed by atoms with Crippen molar-refractivity contribution in [1.29, 1.82) is 0 Å². The molecule has 196 valence electrons. The molecule has 1 aliphatic rings. The summed E-state index contributed by atoms with van der Waals surface area (Å²) >= 11 is 1.88. The molecule has 0 N–H and O–H groups in total. The van der Waals surface area contributed by atoms with E-state index in [-0.39, 0.29) is 0 Å². The topological polar surface area (TPSA) is 9.23 Å². The van der Waals surface area contributed by atoms with Crippen LogP contribution in [0, 0.1) is 0 Å². The fraction of sp³-hybridized carbons (Fsp3) is 0. The first-order valence-electron chi connectivity index (χ1n) is 14.3. The van der Waals surface area contributed by atoms with E-state index in [1.54, 1.807) is 0 Å². The van der Waals surface area contributed by atoms with Gasteiger partial charge in [0.25, 0.3) is 0 Å². The second kappa shape index (κ2) is 9.17. The number of para-hydroxylation sites is 1. The summed E-state index contributed by atoms with van der Waals surface area (Å²) in [7, 11) is 0. The third-order valence-electron chi connectivity index (χ3n) is 8.51. The summed E-state index contributed by atoms with van der Waals surface area (Å²) in [6.07, 6.45) is 0. The number of fused-ring (bicyclic) bond motifs is 5. The predicted octanol–water partition coefficient (Wildman–Crippen LogP) is 12.0. The fourth-order valence-corrected chi connectivity index (χ4v) is 7.75. The molecule has 0 radical (unpaired) electrons. The Kier molecular flexibility index (Phi) is 5.13. The van der Waals surface area contributed by atoms with Crippen molar-refractivity contribution in [3.05, 3.63) is 146 Å². The van der Waals surface area contributed by atoms with Crippen LogP contribution < -0.4 is 4.74 Å². The summed E-state index contributed by atoms with van der Waals surface area (Å²) in [6.45, 7) is 0. The smallest absolute Gasteiger partial charge is 0.135 e. The zero-order valence-electron chi connectivity index (χ0n) is 22.7. The first-order valence-corrected chi connectivity index (χ1v) is 15.1. The Morgan fingerprint density at radius 3 is 2.00 bits per heavy atom. The lowest BCUT2D eigenvalue weighted by molar-refractivity contribution is 0.487. The first kappa shape index (κ1) is 23.5. The lowest BCUT2D eigenvalue weighted by atomic mass is 9.89. The fourth-order valence-electron chi connectivity index (χ4n) is 6.52. The van der Waals surface area contributed by atoms with E-state index in [1.807, 2.05) is 23.5 Å². The highest BCUT2D eigenvalue weighted by molar-refractivity contribution is 7.26. The minimum Gasteiger partial charge on any atom is -0.456 e. The van der Waals surface area contributed by atoms with E-state index in [0.29, 0.717) is 0 Å². The highest BCUT2D eigenvalue weighted by atomic mass is 32.1. The molecule has 7 aromatic carbocycles. The van der Waals surface area contributed by atoms with Crippen LogP contribution in [0.1, 0.15) is 0 Å². The van der Waals surface area contributed by atoms with Crippen molar-refractivity contribution in [3.8, 4) is 56.0 Å². The first-order chi connectivity index (χ1) is 20.8. The van der Waals surface area contributed by atoms with E-state index in [1.165, 1.54) is 69.9 Å². The van der Waals surface area contributed by atoms with Crippen LogP contribution in [0.4, 0.5) is 0 Å². The number of thiophene rings is 1. The Bertz CT molecular complexity index is 2320. The van der Waals surface area contributed by atoms with Crippen LogP contribution in [-0.4, -0.2) is 0 Å². The van der Waals surface area contributed by atoms with Gasteiger partial charge in [0.1, 0.15) is 11.5 Å². The van der Waals surface area contributed by atoms with Gasteiger partial charge in [-0.25, -0.2) is 0 Å². The zero-order valence-corrected chi connectivity index (χ0v) is 23.5. The van der Waals surface area contributed by atoms with Gasteiger partial charge in [-0.15, -0.1) is 11.3 Å². The van der Waals surface area contributed by atoms with E-state index in [4.69, 9.17) is 4.74 Å². The molecule has 0 fully saturated rings. The summed E-state index contributed by atoms with van der Waals surface area (Å²) in [5.41, 5.74) is 9.75. The number of ether oxygens (including phenoxy) is 1. The largest absolute Gasteiger partial charge is 0.456 e. The zero-order chi connectivity index (χ0) is 27.6. The van der Waals surface area contributed by atoms with Gasteiger partial charge in [0.05, 0.1) is 0 Å². The molecule has 0 saturated carbocycles. The molecule has 0 bridgehead atoms. The third-order valence-corrected chi connectivity index (χ3v) is 9.73. The number of benzene rings is 7. The van der Waals surface area contributed by atoms with Crippen molar-refractivity contribution >= 4 is 42.3 Å². The van der Waals surface area contributed by atoms with Crippen molar-refractivity contribution < 1.29 is 4.74 Å². The summed E-state index contributed by atoms with van der Waals surface area (Å²) in [5, 5.41) is 5.06. The summed E-state index contributed by atoms with van der Waals surface area (Å²) < 4.78 is 9.01. The SMILES string of the molecule is c1cc(-c2ccc(-c3cccc4c3sc3ccccc34)cc2)cc(-c2ccc3c4c(cccc24)-c2ccccc2O3)c1. The van der Waals surface area contributed by atoms with Gasteiger partial charge in [0.15, 0.2) is 0 Å². The van der Waals surface area contributed by atoms with Crippen LogP contribution in [0.25, 0.3) is 75.5 Å². The van der Waals surface area contributed by atoms with Gasteiger partial charge in [-0.05, 0) is 68.6 Å². The maximum atomic E-state index is 6.33. The normalized spacial score (nSPS) is 12.0. The van der Waals surface area contributed by atoms with Gasteiger partial charge in [0, 0.05) is 31.1 Å². The van der Waals surface area contributed by atoms with Crippen LogP contribution in [0.15, 0.2) is 146 Å². The number of hydrogen-bond acceptors (Lipinski definition) is 2. The minimum absolute atomic E-state index is 0.916. The molecule has 9 rings (SSSR count). The van der Waals surface area contributed by atoms with E-state index in [2.05, 4.69) is 133 Å². The molecule has 0 aliphatic carbocycles. The standard InChI is InChI=1S/C40H24OS/c1-3-16-36-31(10-1)34-14-7-13-33-29(22-23-37(41-36)39(33)34)28-9-5-8-27(24-28)25-18-20-26(21-19-25)30-12-6-15-35-32-11-2-4-17-38(32)42-40(30)35/h1-24H. The number of rotatable bonds is 3. The Labute approximate surface area is 247 Å². The minimum atomic E-state index is 0.916. The van der Waals surface area contributed by atoms with Crippen LogP contribution in [0.5, 0.6) is 11.5 Å². The monoisotopic (exact) mass is 552 g/mol. The average Bonchev–Trinajstić information content (AvgIpc) is 3.44. The lowest BCUT2D eigenvalue weighted by Gasteiger charge is -2.22. The molecule has 1 nitrogen and oxygen atoms in total. The predicted molar refractivity (Wildman–Crippen MR) is 179 cm³/mol. The highest BCUT2D eigenvalue weighted by Gasteiger charge is 2.21. The second-order valence-electron chi connectivity index (χ2n) is 10.9. The van der Waals surface area contributed by atoms with E-state index in [9.17, 15) is 0 Å². The van der Waals surface area contributed by atoms with Crippen LogP contribution in [0.2, 0.25) is 0 Å². The molecule has 0 saturated heterocycles. The third kappa shape index (κ3) is 3.56. The molecule has 0 spiro atoms. The molecule has 42 heavy (non-hydrogen) atoms. The van der Waals surface area contributed by atoms with E-state index < -0.39 is 0 Å². The lowest BCUT2D eigenvalue weighted by Crippen LogP contribution is -1.97. The molecule has 0 amide bonds. The van der Waals surface area contributed by atoms with Crippen molar-refractivity contribution in [2.75, 3.05) is 0 Å². The van der Waals surface area contributed by atoms with Gasteiger partial charge in [-0.2, -0.15) is 0 Å². The quantitative estimate of drug-likeness (QED) is 0.212. The summed E-state index contributed by atoms with van der Waals surface area (Å²) in [5.74, 6) is 1.84. The molecular weight excluding hydrogens is 529 g/mol. The molecule has 2 heterocycles. The molecule has 0 atom stereocenters. The van der Waals surface area contributed by atoms with Gasteiger partial charge in [-0.1, -0.05) is 121 Å². The van der Waals surface area contributed by atoms with E-state index >= 15 is 0 Å². The van der Waals surface area contributed by atoms with Crippen molar-refractivity contribution in [1.82, 2.24) is 0 Å². The molecule has 0 unspecified atom stereocenters. The van der Waals surface area contributed by atoms with Gasteiger partial charge in [-0.3, -0.25) is 0 Å². The van der Waals surface area contributed by atoms with Gasteiger partial charge >= 0.3 is 0 Å². The number of hydrogen-bond donors (Lipinski definition) is 0. The Morgan fingerprint density at radius 2 is 1.07 bits per heavy atom. The molecule has 2 heteroatoms. The van der Waals surface area contributed by atoms with Crippen molar-refractivity contribution in [3.63, 3.8) is 0 Å². The summed E-state index contributed by atoms with van der Waals surface area (Å²) in [4.78, 5) is 0. The average molecular weight is 553 g/mol. The van der Waals surface area contributed by atoms with Crippen LogP contribution in [0.3, 0.4) is 0 Å². The molecule has 8 aromatic rings. The molecule has 1 aromatic heterocycles. The Balaban J connectivity index is 1.11. The van der Waals surface area contributed by atoms with Gasteiger partial charge < -0.3 is 4.74 Å². The van der Waals surface area contributed by atoms with E-state index in [0.717, 1.165) is 17.1 Å². The maximum Gasteiger partial charge on any atom is 0.135 e. The van der Waals surface area contributed by atoms with Crippen molar-refractivity contribution in [2.45, 2.75) is 0 Å². The van der Waals surface area contributed by atoms with Crippen molar-refractivity contribution in [2.24, 2.45) is 0 Å². The maximum absolute atomic E-state index is 6.33. The highest BCUT2D eigenvalue weighted by Crippen LogP contribution is 2.48. The Morgan fingerprint density at radius 1 is 0.381 bits per heavy atom. The Hall–Kier alpha value is -5.18. The second-order valence-corrected chi connectivity index (χ2v) is 11.9.